The second kappa shape index (κ2) is 6.12. The molecule has 2 aromatic rings. The molecule has 0 aliphatic carbocycles. The van der Waals surface area contributed by atoms with Crippen molar-refractivity contribution >= 4 is 40.7 Å². The van der Waals surface area contributed by atoms with Crippen LogP contribution in [0.3, 0.4) is 0 Å². The van der Waals surface area contributed by atoms with Crippen LogP contribution in [0.25, 0.3) is 16.1 Å². The van der Waals surface area contributed by atoms with Crippen LogP contribution in [0.4, 0.5) is 0 Å². The van der Waals surface area contributed by atoms with Crippen LogP contribution < -0.4 is 0 Å². The van der Waals surface area contributed by atoms with E-state index < -0.39 is 11.9 Å². The zero-order valence-electron chi connectivity index (χ0n) is 10.7. The molecule has 0 aromatic carbocycles. The first-order valence-electron chi connectivity index (χ1n) is 5.63. The highest BCUT2D eigenvalue weighted by Crippen LogP contribution is 2.31. The van der Waals surface area contributed by atoms with Gasteiger partial charge in [-0.15, -0.1) is 22.7 Å². The van der Waals surface area contributed by atoms with Gasteiger partial charge in [0.15, 0.2) is 21.4 Å². The molecule has 0 amide bonds. The standard InChI is InChI=1S/C12H10N2O5S2/c1-5(3-15)2-7-8(12(18)19)14-10(21-7)9-13-6(4-20-9)11(16)17/h2,4,15H,3H2,1H3,(H,16,17)(H,18,19). The molecule has 9 heteroatoms. The number of aromatic nitrogens is 2. The van der Waals surface area contributed by atoms with Crippen LogP contribution in [0.5, 0.6) is 0 Å². The van der Waals surface area contributed by atoms with Gasteiger partial charge in [-0.05, 0) is 18.6 Å². The number of carbonyl (C=O) groups is 2. The molecule has 0 saturated heterocycles. The number of aliphatic hydroxyl groups excluding tert-OH is 1. The number of aromatic carboxylic acids is 2. The van der Waals surface area contributed by atoms with Gasteiger partial charge in [0.2, 0.25) is 0 Å². The van der Waals surface area contributed by atoms with Gasteiger partial charge in [0, 0.05) is 5.38 Å². The number of aliphatic hydroxyl groups is 1. The van der Waals surface area contributed by atoms with Gasteiger partial charge in [0.1, 0.15) is 0 Å². The van der Waals surface area contributed by atoms with E-state index in [0.717, 1.165) is 22.7 Å². The van der Waals surface area contributed by atoms with Gasteiger partial charge in [0.25, 0.3) is 0 Å². The normalized spacial score (nSPS) is 11.6. The van der Waals surface area contributed by atoms with Gasteiger partial charge in [-0.25, -0.2) is 19.6 Å². The Labute approximate surface area is 126 Å². The minimum atomic E-state index is -1.19. The van der Waals surface area contributed by atoms with Crippen molar-refractivity contribution < 1.29 is 24.9 Å². The van der Waals surface area contributed by atoms with Gasteiger partial charge in [-0.2, -0.15) is 0 Å². The summed E-state index contributed by atoms with van der Waals surface area (Å²) < 4.78 is 0. The Kier molecular flexibility index (Phi) is 4.46. The first-order chi connectivity index (χ1) is 9.92. The number of hydrogen-bond acceptors (Lipinski definition) is 7. The van der Waals surface area contributed by atoms with E-state index in [1.54, 1.807) is 6.92 Å². The first kappa shape index (κ1) is 15.3. The Hall–Kier alpha value is -2.10. The topological polar surface area (TPSA) is 121 Å². The van der Waals surface area contributed by atoms with Crippen molar-refractivity contribution in [3.8, 4) is 10.0 Å². The van der Waals surface area contributed by atoms with Gasteiger partial charge in [0.05, 0.1) is 11.5 Å². The Morgan fingerprint density at radius 3 is 2.48 bits per heavy atom. The first-order valence-corrected chi connectivity index (χ1v) is 7.33. The van der Waals surface area contributed by atoms with E-state index in [9.17, 15) is 9.59 Å². The van der Waals surface area contributed by atoms with Crippen molar-refractivity contribution in [3.05, 3.63) is 27.2 Å². The average Bonchev–Trinajstić information content (AvgIpc) is 3.04. The number of carboxylic acid groups (broad SMARTS) is 2. The highest BCUT2D eigenvalue weighted by molar-refractivity contribution is 7.21. The minimum absolute atomic E-state index is 0.106. The zero-order valence-corrected chi connectivity index (χ0v) is 12.4. The summed E-state index contributed by atoms with van der Waals surface area (Å²) >= 11 is 2.17. The van der Waals surface area contributed by atoms with Gasteiger partial charge in [-0.1, -0.05) is 0 Å². The van der Waals surface area contributed by atoms with Crippen LogP contribution in [0.1, 0.15) is 32.8 Å². The molecule has 0 atom stereocenters. The van der Waals surface area contributed by atoms with Crippen LogP contribution in [-0.2, 0) is 0 Å². The maximum Gasteiger partial charge on any atom is 0.356 e. The Morgan fingerprint density at radius 1 is 1.24 bits per heavy atom. The van der Waals surface area contributed by atoms with Crippen molar-refractivity contribution in [1.82, 2.24) is 9.97 Å². The number of rotatable bonds is 5. The van der Waals surface area contributed by atoms with Gasteiger partial charge >= 0.3 is 11.9 Å². The fourth-order valence-electron chi connectivity index (χ4n) is 1.41. The molecular weight excluding hydrogens is 316 g/mol. The van der Waals surface area contributed by atoms with Gasteiger partial charge < -0.3 is 15.3 Å². The number of hydrogen-bond donors (Lipinski definition) is 3. The molecule has 0 unspecified atom stereocenters. The maximum atomic E-state index is 11.2. The molecule has 21 heavy (non-hydrogen) atoms. The molecule has 2 rings (SSSR count). The lowest BCUT2D eigenvalue weighted by Gasteiger charge is -1.93. The Balaban J connectivity index is 2.48. The zero-order chi connectivity index (χ0) is 15.6. The largest absolute Gasteiger partial charge is 0.476 e. The van der Waals surface area contributed by atoms with Gasteiger partial charge in [-0.3, -0.25) is 0 Å². The third-order valence-corrected chi connectivity index (χ3v) is 4.38. The van der Waals surface area contributed by atoms with E-state index in [4.69, 9.17) is 15.3 Å². The number of carboxylic acids is 2. The molecule has 0 bridgehead atoms. The highest BCUT2D eigenvalue weighted by atomic mass is 32.1. The van der Waals surface area contributed by atoms with Crippen molar-refractivity contribution in [2.24, 2.45) is 0 Å². The van der Waals surface area contributed by atoms with Crippen LogP contribution >= 0.6 is 22.7 Å². The summed E-state index contributed by atoms with van der Waals surface area (Å²) in [6.07, 6.45) is 1.54. The molecule has 2 aromatic heterocycles. The molecule has 0 aliphatic rings. The van der Waals surface area contributed by atoms with Crippen LogP contribution in [0.15, 0.2) is 11.0 Å². The molecule has 3 N–H and O–H groups in total. The third kappa shape index (κ3) is 3.32. The number of nitrogens with zero attached hydrogens (tertiary/aromatic N) is 2. The lowest BCUT2D eigenvalue weighted by molar-refractivity contribution is 0.0680. The van der Waals surface area contributed by atoms with Crippen molar-refractivity contribution in [1.29, 1.82) is 0 Å². The predicted molar refractivity (Wildman–Crippen MR) is 77.9 cm³/mol. The number of thiazole rings is 2. The molecule has 0 spiro atoms. The van der Waals surface area contributed by atoms with Crippen LogP contribution in [0.2, 0.25) is 0 Å². The summed E-state index contributed by atoms with van der Waals surface area (Å²) in [7, 11) is 0. The second-order valence-electron chi connectivity index (χ2n) is 4.03. The maximum absolute atomic E-state index is 11.2. The smallest absolute Gasteiger partial charge is 0.356 e. The molecule has 0 saturated carbocycles. The van der Waals surface area contributed by atoms with Crippen molar-refractivity contribution in [3.63, 3.8) is 0 Å². The summed E-state index contributed by atoms with van der Waals surface area (Å²) in [6.45, 7) is 1.48. The summed E-state index contributed by atoms with van der Waals surface area (Å²) in [6, 6.07) is 0. The fourth-order valence-corrected chi connectivity index (χ4v) is 3.33. The molecular formula is C12H10N2O5S2. The van der Waals surface area contributed by atoms with E-state index in [1.165, 1.54) is 11.5 Å². The lowest BCUT2D eigenvalue weighted by Crippen LogP contribution is -1.99. The molecule has 7 nitrogen and oxygen atoms in total. The Bertz CT molecular complexity index is 732. The van der Waals surface area contributed by atoms with E-state index in [2.05, 4.69) is 9.97 Å². The lowest BCUT2D eigenvalue weighted by atomic mass is 10.2. The highest BCUT2D eigenvalue weighted by Gasteiger charge is 2.19. The molecule has 0 fully saturated rings. The fraction of sp³-hybridized carbons (Fsp3) is 0.167. The molecule has 110 valence electrons. The van der Waals surface area contributed by atoms with Crippen LogP contribution in [0, 0.1) is 0 Å². The predicted octanol–water partition coefficient (Wildman–Crippen LogP) is 2.06. The molecule has 0 aliphatic heterocycles. The molecule has 2 heterocycles. The van der Waals surface area contributed by atoms with E-state index in [0.29, 0.717) is 20.5 Å². The monoisotopic (exact) mass is 326 g/mol. The average molecular weight is 326 g/mol. The third-order valence-electron chi connectivity index (χ3n) is 2.39. The Morgan fingerprint density at radius 2 is 1.95 bits per heavy atom. The SMILES string of the molecule is CC(=Cc1sc(-c2nc(C(=O)O)cs2)nc1C(=O)O)CO. The summed E-state index contributed by atoms with van der Waals surface area (Å²) in [4.78, 5) is 30.3. The van der Waals surface area contributed by atoms with Crippen molar-refractivity contribution in [2.45, 2.75) is 6.92 Å². The second-order valence-corrected chi connectivity index (χ2v) is 5.92. The van der Waals surface area contributed by atoms with E-state index >= 15 is 0 Å². The minimum Gasteiger partial charge on any atom is -0.476 e. The van der Waals surface area contributed by atoms with Crippen molar-refractivity contribution in [2.75, 3.05) is 6.61 Å². The molecule has 0 radical (unpaired) electrons. The summed E-state index contributed by atoms with van der Waals surface area (Å²) in [5, 5.41) is 29.0. The quantitative estimate of drug-likeness (QED) is 0.769. The van der Waals surface area contributed by atoms with E-state index in [-0.39, 0.29) is 18.0 Å². The van der Waals surface area contributed by atoms with E-state index in [1.807, 2.05) is 0 Å². The summed E-state index contributed by atoms with van der Waals surface area (Å²) in [5.74, 6) is -2.34. The van der Waals surface area contributed by atoms with Crippen LogP contribution in [-0.4, -0.2) is 43.8 Å². The summed E-state index contributed by atoms with van der Waals surface area (Å²) in [5.41, 5.74) is 0.346.